The zero-order valence-electron chi connectivity index (χ0n) is 18.2. The summed E-state index contributed by atoms with van der Waals surface area (Å²) in [7, 11) is -3.46. The minimum Gasteiger partial charge on any atom is -0.466 e. The van der Waals surface area contributed by atoms with E-state index in [-0.39, 0.29) is 5.71 Å². The van der Waals surface area contributed by atoms with Crippen molar-refractivity contribution in [2.75, 3.05) is 16.3 Å². The van der Waals surface area contributed by atoms with Crippen LogP contribution in [0.3, 0.4) is 0 Å². The predicted octanol–water partition coefficient (Wildman–Crippen LogP) is 4.34. The SMILES string of the molecule is Cc1cc(-c2cc(C(=O)Nc3ccc(C)c(NS(C)(=O)=O)c3)c3c(C)noc3n2)c(C)o1. The summed E-state index contributed by atoms with van der Waals surface area (Å²) in [6.45, 7) is 7.16. The summed E-state index contributed by atoms with van der Waals surface area (Å²) < 4.78 is 36.7. The van der Waals surface area contributed by atoms with Gasteiger partial charge in [0.25, 0.3) is 11.6 Å². The molecule has 0 bridgehead atoms. The number of carbonyl (C=O) groups is 1. The van der Waals surface area contributed by atoms with Crippen molar-refractivity contribution in [3.8, 4) is 11.3 Å². The van der Waals surface area contributed by atoms with Gasteiger partial charge in [0.1, 0.15) is 11.5 Å². The van der Waals surface area contributed by atoms with Crippen LogP contribution in [0, 0.1) is 27.7 Å². The summed E-state index contributed by atoms with van der Waals surface area (Å²) in [5.74, 6) is 0.994. The van der Waals surface area contributed by atoms with Gasteiger partial charge in [0, 0.05) is 11.3 Å². The first-order valence-electron chi connectivity index (χ1n) is 9.76. The lowest BCUT2D eigenvalue weighted by molar-refractivity contribution is 0.102. The standard InChI is InChI=1S/C22H22N4O5S/c1-11-6-7-15(9-18(11)26-32(5,28)29)23-21(27)17-10-19(16-8-12(2)30-14(16)4)24-22-20(17)13(3)25-31-22/h6-10,26H,1-5H3,(H,23,27). The first-order valence-corrected chi connectivity index (χ1v) is 11.6. The van der Waals surface area contributed by atoms with Crippen molar-refractivity contribution in [3.63, 3.8) is 0 Å². The van der Waals surface area contributed by atoms with Gasteiger partial charge in [-0.15, -0.1) is 0 Å². The molecule has 4 aromatic rings. The number of aryl methyl sites for hydroxylation is 4. The van der Waals surface area contributed by atoms with Crippen LogP contribution in [0.4, 0.5) is 11.4 Å². The van der Waals surface area contributed by atoms with E-state index in [1.165, 1.54) is 0 Å². The number of hydrogen-bond acceptors (Lipinski definition) is 7. The van der Waals surface area contributed by atoms with Crippen LogP contribution in [0.25, 0.3) is 22.4 Å². The maximum Gasteiger partial charge on any atom is 0.259 e. The van der Waals surface area contributed by atoms with Crippen LogP contribution < -0.4 is 10.0 Å². The molecule has 0 fully saturated rings. The second kappa shape index (κ2) is 7.79. The number of amides is 1. The number of fused-ring (bicyclic) bond motifs is 1. The summed E-state index contributed by atoms with van der Waals surface area (Å²) in [5.41, 5.74) is 3.93. The van der Waals surface area contributed by atoms with E-state index < -0.39 is 15.9 Å². The van der Waals surface area contributed by atoms with Crippen LogP contribution >= 0.6 is 0 Å². The van der Waals surface area contributed by atoms with E-state index >= 15 is 0 Å². The van der Waals surface area contributed by atoms with Gasteiger partial charge >= 0.3 is 0 Å². The third-order valence-corrected chi connectivity index (χ3v) is 5.56. The summed E-state index contributed by atoms with van der Waals surface area (Å²) in [5, 5.41) is 7.29. The van der Waals surface area contributed by atoms with E-state index in [0.717, 1.165) is 23.1 Å². The number of benzene rings is 1. The van der Waals surface area contributed by atoms with Gasteiger partial charge in [0.2, 0.25) is 10.0 Å². The van der Waals surface area contributed by atoms with Crippen LogP contribution in [0.2, 0.25) is 0 Å². The van der Waals surface area contributed by atoms with Gasteiger partial charge in [-0.05, 0) is 57.5 Å². The fourth-order valence-corrected chi connectivity index (χ4v) is 4.12. The topological polar surface area (TPSA) is 127 Å². The van der Waals surface area contributed by atoms with E-state index in [1.807, 2.05) is 19.9 Å². The third-order valence-electron chi connectivity index (χ3n) is 4.97. The Labute approximate surface area is 184 Å². The Balaban J connectivity index is 1.76. The summed E-state index contributed by atoms with van der Waals surface area (Å²) >= 11 is 0. The molecular formula is C22H22N4O5S. The van der Waals surface area contributed by atoms with E-state index in [1.54, 1.807) is 38.1 Å². The molecule has 2 N–H and O–H groups in total. The number of nitrogens with zero attached hydrogens (tertiary/aromatic N) is 2. The van der Waals surface area contributed by atoms with Crippen molar-refractivity contribution in [2.24, 2.45) is 0 Å². The van der Waals surface area contributed by atoms with Gasteiger partial charge in [-0.3, -0.25) is 9.52 Å². The average Bonchev–Trinajstić information content (AvgIpc) is 3.24. The van der Waals surface area contributed by atoms with E-state index in [2.05, 4.69) is 20.2 Å². The highest BCUT2D eigenvalue weighted by Gasteiger charge is 2.21. The molecule has 0 unspecified atom stereocenters. The quantitative estimate of drug-likeness (QED) is 0.459. The van der Waals surface area contributed by atoms with Gasteiger partial charge in [-0.2, -0.15) is 0 Å². The Kier molecular flexibility index (Phi) is 5.25. The van der Waals surface area contributed by atoms with Crippen molar-refractivity contribution >= 4 is 38.4 Å². The van der Waals surface area contributed by atoms with E-state index in [9.17, 15) is 13.2 Å². The predicted molar refractivity (Wildman–Crippen MR) is 121 cm³/mol. The lowest BCUT2D eigenvalue weighted by atomic mass is 10.0. The highest BCUT2D eigenvalue weighted by atomic mass is 32.2. The third kappa shape index (κ3) is 4.22. The van der Waals surface area contributed by atoms with Crippen LogP contribution in [0.1, 0.15) is 33.1 Å². The summed E-state index contributed by atoms with van der Waals surface area (Å²) in [6.07, 6.45) is 1.07. The lowest BCUT2D eigenvalue weighted by Crippen LogP contribution is -2.14. The number of pyridine rings is 1. The number of hydrogen-bond donors (Lipinski definition) is 2. The van der Waals surface area contributed by atoms with Crippen LogP contribution in [-0.2, 0) is 10.0 Å². The number of rotatable bonds is 5. The van der Waals surface area contributed by atoms with E-state index in [0.29, 0.717) is 39.5 Å². The molecule has 1 aromatic carbocycles. The summed E-state index contributed by atoms with van der Waals surface area (Å²) in [4.78, 5) is 17.8. The van der Waals surface area contributed by atoms with Crippen molar-refractivity contribution in [1.29, 1.82) is 0 Å². The minimum atomic E-state index is -3.46. The molecule has 32 heavy (non-hydrogen) atoms. The van der Waals surface area contributed by atoms with Crippen molar-refractivity contribution in [1.82, 2.24) is 10.1 Å². The molecule has 0 aliphatic rings. The average molecular weight is 455 g/mol. The van der Waals surface area contributed by atoms with Gasteiger partial charge in [-0.1, -0.05) is 11.2 Å². The van der Waals surface area contributed by atoms with Gasteiger partial charge in [0.15, 0.2) is 0 Å². The Morgan fingerprint density at radius 2 is 1.81 bits per heavy atom. The van der Waals surface area contributed by atoms with Gasteiger partial charge in [-0.25, -0.2) is 13.4 Å². The van der Waals surface area contributed by atoms with Gasteiger partial charge < -0.3 is 14.3 Å². The molecule has 0 aliphatic carbocycles. The molecule has 0 aliphatic heterocycles. The van der Waals surface area contributed by atoms with Crippen LogP contribution in [-0.4, -0.2) is 30.7 Å². The molecule has 3 aromatic heterocycles. The zero-order valence-corrected chi connectivity index (χ0v) is 19.0. The Morgan fingerprint density at radius 3 is 2.47 bits per heavy atom. The maximum absolute atomic E-state index is 13.3. The van der Waals surface area contributed by atoms with Crippen molar-refractivity contribution < 1.29 is 22.2 Å². The number of aromatic nitrogens is 2. The number of anilines is 2. The fraction of sp³-hybridized carbons (Fsp3) is 0.227. The van der Waals surface area contributed by atoms with Crippen LogP contribution in [0.5, 0.6) is 0 Å². The highest BCUT2D eigenvalue weighted by molar-refractivity contribution is 7.92. The Hall–Kier alpha value is -3.66. The summed E-state index contributed by atoms with van der Waals surface area (Å²) in [6, 6.07) is 8.50. The minimum absolute atomic E-state index is 0.242. The molecule has 0 radical (unpaired) electrons. The molecule has 10 heteroatoms. The zero-order chi connectivity index (χ0) is 23.2. The normalized spacial score (nSPS) is 11.7. The first kappa shape index (κ1) is 21.6. The molecule has 1 amide bonds. The number of nitrogens with one attached hydrogen (secondary N) is 2. The van der Waals surface area contributed by atoms with Crippen molar-refractivity contribution in [3.05, 3.63) is 58.7 Å². The second-order valence-corrected chi connectivity index (χ2v) is 9.44. The Bertz CT molecular complexity index is 1470. The largest absolute Gasteiger partial charge is 0.466 e. The molecule has 3 heterocycles. The molecule has 0 saturated heterocycles. The molecule has 0 spiro atoms. The molecule has 0 atom stereocenters. The fourth-order valence-electron chi connectivity index (χ4n) is 3.50. The number of furan rings is 1. The van der Waals surface area contributed by atoms with Gasteiger partial charge in [0.05, 0.1) is 34.3 Å². The first-order chi connectivity index (χ1) is 15.0. The molecule has 166 valence electrons. The molecular weight excluding hydrogens is 432 g/mol. The number of carbonyl (C=O) groups excluding carboxylic acids is 1. The van der Waals surface area contributed by atoms with Crippen LogP contribution in [0.15, 0.2) is 39.3 Å². The van der Waals surface area contributed by atoms with E-state index in [4.69, 9.17) is 8.94 Å². The number of sulfonamides is 1. The molecule has 9 nitrogen and oxygen atoms in total. The lowest BCUT2D eigenvalue weighted by Gasteiger charge is -2.12. The molecule has 4 rings (SSSR count). The monoisotopic (exact) mass is 454 g/mol. The highest BCUT2D eigenvalue weighted by Crippen LogP contribution is 2.31. The van der Waals surface area contributed by atoms with Crippen molar-refractivity contribution in [2.45, 2.75) is 27.7 Å². The smallest absolute Gasteiger partial charge is 0.259 e. The molecule has 0 saturated carbocycles. The second-order valence-electron chi connectivity index (χ2n) is 7.69. The Morgan fingerprint density at radius 1 is 1.06 bits per heavy atom. The maximum atomic E-state index is 13.3.